The van der Waals surface area contributed by atoms with Gasteiger partial charge in [0, 0.05) is 83.0 Å². The average Bonchev–Trinajstić information content (AvgIpc) is 1.64. The minimum Gasteiger partial charge on any atom is -0.310 e. The van der Waals surface area contributed by atoms with Crippen LogP contribution in [0.2, 0.25) is 0 Å². The maximum atomic E-state index is 2.49. The van der Waals surface area contributed by atoms with Gasteiger partial charge in [-0.1, -0.05) is 260 Å². The van der Waals surface area contributed by atoms with Gasteiger partial charge in [-0.3, -0.25) is 0 Å². The van der Waals surface area contributed by atoms with Crippen LogP contribution in [0.15, 0.2) is 352 Å². The molecule has 0 amide bonds. The lowest BCUT2D eigenvalue weighted by Crippen LogP contribution is -2.18. The van der Waals surface area contributed by atoms with Crippen LogP contribution in [0, 0.1) is 0 Å². The molecule has 0 fully saturated rings. The average molecular weight is 1370 g/mol. The second-order valence-corrected chi connectivity index (χ2v) is 31.2. The Morgan fingerprint density at radius 3 is 1.16 bits per heavy atom. The van der Waals surface area contributed by atoms with E-state index in [0.717, 1.165) is 45.5 Å². The van der Waals surface area contributed by atoms with Crippen molar-refractivity contribution in [2.24, 2.45) is 0 Å². The van der Waals surface area contributed by atoms with E-state index in [1.165, 1.54) is 155 Å². The molecule has 508 valence electrons. The molecule has 16 aromatic carbocycles. The maximum absolute atomic E-state index is 2.49. The fourth-order valence-corrected chi connectivity index (χ4v) is 18.9. The van der Waals surface area contributed by atoms with Gasteiger partial charge in [0.1, 0.15) is 0 Å². The van der Waals surface area contributed by atoms with Crippen molar-refractivity contribution in [1.82, 2.24) is 9.13 Å². The number of aromatic nitrogens is 2. The smallest absolute Gasteiger partial charge is 0.0547 e. The molecule has 0 radical (unpaired) electrons. The van der Waals surface area contributed by atoms with Crippen molar-refractivity contribution in [1.29, 1.82) is 0 Å². The van der Waals surface area contributed by atoms with Gasteiger partial charge < -0.3 is 18.9 Å². The number of para-hydroxylation sites is 4. The van der Waals surface area contributed by atoms with Gasteiger partial charge in [0.15, 0.2) is 0 Å². The van der Waals surface area contributed by atoms with Crippen molar-refractivity contribution in [3.8, 4) is 78.1 Å². The zero-order valence-corrected chi connectivity index (χ0v) is 60.8. The highest BCUT2D eigenvalue weighted by atomic mass is 15.1. The summed E-state index contributed by atoms with van der Waals surface area (Å²) in [6.07, 6.45) is 0. The SMILES string of the molecule is CC1(C)c2ccccc2-c2ccc(N(c3ccc(-c4ccc5c(c4)c4ccccc4n5-c4ccccc4)cc3)c3ccc4c(c3)C(C)(C)c3cc(-c5ccc6c7cc(-c8ccc(N(c9ccccc9)c9ccc%10c(c9)C(C)(C)c9ccccc9-%10)c9ccccc89)ccc7n(-c7ccccc7)c6c5)ccc3-4)cc21. The molecule has 0 saturated heterocycles. The summed E-state index contributed by atoms with van der Waals surface area (Å²) in [5, 5.41) is 7.33. The third-order valence-electron chi connectivity index (χ3n) is 24.3. The fraction of sp³-hybridized carbons (Fsp3) is 0.0874. The summed E-state index contributed by atoms with van der Waals surface area (Å²) < 4.78 is 4.85. The van der Waals surface area contributed by atoms with Gasteiger partial charge >= 0.3 is 0 Å². The second-order valence-electron chi connectivity index (χ2n) is 31.2. The first-order valence-corrected chi connectivity index (χ1v) is 37.6. The number of hydrogen-bond acceptors (Lipinski definition) is 2. The summed E-state index contributed by atoms with van der Waals surface area (Å²) in [6, 6.07) is 132. The molecule has 4 heteroatoms. The van der Waals surface area contributed by atoms with Crippen LogP contribution in [0.3, 0.4) is 0 Å². The monoisotopic (exact) mass is 1370 g/mol. The van der Waals surface area contributed by atoms with E-state index < -0.39 is 0 Å². The molecule has 4 nitrogen and oxygen atoms in total. The van der Waals surface area contributed by atoms with E-state index in [9.17, 15) is 0 Å². The minimum absolute atomic E-state index is 0.133. The van der Waals surface area contributed by atoms with Gasteiger partial charge in [0.25, 0.3) is 0 Å². The summed E-state index contributed by atoms with van der Waals surface area (Å²) in [5.41, 5.74) is 36.3. The van der Waals surface area contributed by atoms with Crippen LogP contribution < -0.4 is 9.80 Å². The molecule has 3 aliphatic rings. The van der Waals surface area contributed by atoms with Crippen molar-refractivity contribution in [2.75, 3.05) is 9.80 Å². The summed E-state index contributed by atoms with van der Waals surface area (Å²) in [4.78, 5) is 4.94. The minimum atomic E-state index is -0.316. The molecule has 107 heavy (non-hydrogen) atoms. The molecule has 18 aromatic rings. The third kappa shape index (κ3) is 9.48. The molecule has 2 aromatic heterocycles. The Hall–Kier alpha value is -13.0. The Labute approximate surface area is 624 Å². The third-order valence-corrected chi connectivity index (χ3v) is 24.3. The van der Waals surface area contributed by atoms with Crippen LogP contribution in [-0.2, 0) is 16.2 Å². The molecule has 0 saturated carbocycles. The fourth-order valence-electron chi connectivity index (χ4n) is 18.9. The molecule has 0 N–H and O–H groups in total. The lowest BCUT2D eigenvalue weighted by Gasteiger charge is -2.30. The predicted octanol–water partition coefficient (Wildman–Crippen LogP) is 27.9. The summed E-state index contributed by atoms with van der Waals surface area (Å²) >= 11 is 0. The highest BCUT2D eigenvalue weighted by molar-refractivity contribution is 6.14. The zero-order chi connectivity index (χ0) is 71.6. The quantitative estimate of drug-likeness (QED) is 0.128. The molecular formula is C103H76N4. The van der Waals surface area contributed by atoms with Crippen LogP contribution in [-0.4, -0.2) is 9.13 Å². The Balaban J connectivity index is 0.639. The van der Waals surface area contributed by atoms with Gasteiger partial charge in [0.2, 0.25) is 0 Å². The van der Waals surface area contributed by atoms with Crippen LogP contribution in [0.25, 0.3) is 133 Å². The summed E-state index contributed by atoms with van der Waals surface area (Å²) in [6.45, 7) is 14.3. The Kier molecular flexibility index (Phi) is 13.7. The first kappa shape index (κ1) is 62.5. The normalized spacial score (nSPS) is 13.9. The van der Waals surface area contributed by atoms with E-state index in [0.29, 0.717) is 0 Å². The van der Waals surface area contributed by atoms with Crippen molar-refractivity contribution < 1.29 is 0 Å². The number of nitrogens with zero attached hydrogens (tertiary/aromatic N) is 4. The number of rotatable bonds is 11. The van der Waals surface area contributed by atoms with Gasteiger partial charge in [0.05, 0.1) is 27.8 Å². The predicted molar refractivity (Wildman–Crippen MR) is 451 cm³/mol. The molecule has 0 aliphatic heterocycles. The van der Waals surface area contributed by atoms with Gasteiger partial charge in [-0.25, -0.2) is 0 Å². The molecule has 0 unspecified atom stereocenters. The Bertz CT molecular complexity index is 6710. The second kappa shape index (κ2) is 23.5. The first-order chi connectivity index (χ1) is 52.3. The topological polar surface area (TPSA) is 16.3 Å². The number of fused-ring (bicyclic) bond motifs is 16. The molecule has 0 atom stereocenters. The molecule has 2 heterocycles. The zero-order valence-electron chi connectivity index (χ0n) is 60.8. The van der Waals surface area contributed by atoms with Crippen molar-refractivity contribution in [2.45, 2.75) is 57.8 Å². The number of anilines is 6. The van der Waals surface area contributed by atoms with Gasteiger partial charge in [-0.05, 0) is 239 Å². The van der Waals surface area contributed by atoms with Crippen LogP contribution >= 0.6 is 0 Å². The van der Waals surface area contributed by atoms with E-state index >= 15 is 0 Å². The number of benzene rings is 16. The van der Waals surface area contributed by atoms with Crippen molar-refractivity contribution in [3.63, 3.8) is 0 Å². The van der Waals surface area contributed by atoms with Gasteiger partial charge in [-0.2, -0.15) is 0 Å². The Morgan fingerprint density at radius 2 is 0.561 bits per heavy atom. The number of hydrogen-bond donors (Lipinski definition) is 0. The first-order valence-electron chi connectivity index (χ1n) is 37.6. The van der Waals surface area contributed by atoms with Crippen molar-refractivity contribution >= 4 is 88.5 Å². The van der Waals surface area contributed by atoms with Crippen LogP contribution in [0.4, 0.5) is 34.1 Å². The largest absolute Gasteiger partial charge is 0.310 e. The van der Waals surface area contributed by atoms with E-state index in [1.54, 1.807) is 0 Å². The lowest BCUT2D eigenvalue weighted by atomic mass is 9.81. The maximum Gasteiger partial charge on any atom is 0.0547 e. The van der Waals surface area contributed by atoms with E-state index in [-0.39, 0.29) is 16.2 Å². The standard InChI is InChI=1S/C103H76N4/c1-101(2)90-35-21-18-31-79(90)82-51-46-74(62-93(82)101)104(73-44-38-65(39-45-73)66-42-55-98-88(58-66)86-34-20-23-37-96(86)106(98)71-26-12-8-13-27-71)75-47-52-84-81-49-40-67(60-92(81)103(5,6)95(84)63-75)68-41-50-87-89-59-69(43-56-99(89)107(100(87)61-68)72-28-14-9-15-29-72)77-54-57-97(85-33-17-16-30-78(77)85)105(70-24-10-7-11-25-70)76-48-53-83-80-32-19-22-36-91(80)102(3,4)94(83)64-76/h7-64H,1-6H3. The molecule has 0 bridgehead atoms. The highest BCUT2D eigenvalue weighted by Crippen LogP contribution is 2.56. The molecule has 0 spiro atoms. The Morgan fingerprint density at radius 1 is 0.196 bits per heavy atom. The highest BCUT2D eigenvalue weighted by Gasteiger charge is 2.40. The summed E-state index contributed by atoms with van der Waals surface area (Å²) in [7, 11) is 0. The van der Waals surface area contributed by atoms with E-state index in [1.807, 2.05) is 0 Å². The van der Waals surface area contributed by atoms with Gasteiger partial charge in [-0.15, -0.1) is 0 Å². The summed E-state index contributed by atoms with van der Waals surface area (Å²) in [5.74, 6) is 0. The van der Waals surface area contributed by atoms with Crippen LogP contribution in [0.5, 0.6) is 0 Å². The molecular weight excluding hydrogens is 1290 g/mol. The van der Waals surface area contributed by atoms with Crippen LogP contribution in [0.1, 0.15) is 74.9 Å². The molecule has 3 aliphatic carbocycles. The molecule has 21 rings (SSSR count). The van der Waals surface area contributed by atoms with E-state index in [2.05, 4.69) is 412 Å². The van der Waals surface area contributed by atoms with E-state index in [4.69, 9.17) is 0 Å². The van der Waals surface area contributed by atoms with Crippen molar-refractivity contribution in [3.05, 3.63) is 385 Å². The lowest BCUT2D eigenvalue weighted by molar-refractivity contribution is 0.660.